The second-order valence-corrected chi connectivity index (χ2v) is 10.4. The largest absolute Gasteiger partial charge is 0.486 e. The van der Waals surface area contributed by atoms with Gasteiger partial charge in [0.05, 0.1) is 18.8 Å². The number of benzene rings is 2. The highest BCUT2D eigenvalue weighted by Crippen LogP contribution is 2.39. The van der Waals surface area contributed by atoms with Gasteiger partial charge >= 0.3 is 0 Å². The molecule has 0 aromatic heterocycles. The van der Waals surface area contributed by atoms with E-state index in [-0.39, 0.29) is 60.3 Å². The molecule has 1 atom stereocenters. The molecule has 0 radical (unpaired) electrons. The summed E-state index contributed by atoms with van der Waals surface area (Å²) in [7, 11) is 0. The lowest BCUT2D eigenvalue weighted by Gasteiger charge is -2.31. The Morgan fingerprint density at radius 3 is 2.28 bits per heavy atom. The predicted octanol–water partition coefficient (Wildman–Crippen LogP) is 7.57. The molecule has 1 unspecified atom stereocenters. The molecule has 2 saturated carbocycles. The van der Waals surface area contributed by atoms with Crippen molar-refractivity contribution in [3.63, 3.8) is 0 Å². The Kier molecular flexibility index (Phi) is 9.13. The molecule has 2 aromatic rings. The highest BCUT2D eigenvalue weighted by atomic mass is 19.2. The monoisotopic (exact) mass is 502 g/mol. The minimum absolute atomic E-state index is 0.00722. The molecule has 0 spiro atoms. The van der Waals surface area contributed by atoms with Crippen LogP contribution in [0.15, 0.2) is 43.0 Å². The van der Waals surface area contributed by atoms with Crippen LogP contribution in [0, 0.1) is 23.4 Å². The van der Waals surface area contributed by atoms with Gasteiger partial charge in [0.2, 0.25) is 0 Å². The summed E-state index contributed by atoms with van der Waals surface area (Å²) in [6.07, 6.45) is 7.65. The van der Waals surface area contributed by atoms with E-state index in [1.54, 1.807) is 37.3 Å². The SMILES string of the molecule is C=CCOc1ccc(C2CCC(OCc3ccc(C4CCC(C(C)O)CC4)c(F)c3F)CC2)cc1F. The Morgan fingerprint density at radius 2 is 1.64 bits per heavy atom. The lowest BCUT2D eigenvalue weighted by Crippen LogP contribution is -2.23. The molecule has 2 aliphatic carbocycles. The van der Waals surface area contributed by atoms with E-state index in [2.05, 4.69) is 6.58 Å². The fourth-order valence-electron chi connectivity index (χ4n) is 5.75. The molecule has 4 rings (SSSR count). The molecule has 2 aromatic carbocycles. The Balaban J connectivity index is 1.28. The van der Waals surface area contributed by atoms with Gasteiger partial charge in [-0.05, 0) is 99.3 Å². The minimum Gasteiger partial charge on any atom is -0.486 e. The van der Waals surface area contributed by atoms with Gasteiger partial charge in [-0.2, -0.15) is 0 Å². The number of aliphatic hydroxyl groups is 1. The van der Waals surface area contributed by atoms with Crippen LogP contribution in [0.25, 0.3) is 0 Å². The molecule has 0 amide bonds. The van der Waals surface area contributed by atoms with Crippen LogP contribution in [0.3, 0.4) is 0 Å². The molecule has 0 bridgehead atoms. The number of hydrogen-bond donors (Lipinski definition) is 1. The van der Waals surface area contributed by atoms with E-state index in [1.165, 1.54) is 0 Å². The predicted molar refractivity (Wildman–Crippen MR) is 135 cm³/mol. The molecule has 0 aliphatic heterocycles. The normalized spacial score (nSPS) is 25.4. The van der Waals surface area contributed by atoms with Crippen LogP contribution in [-0.4, -0.2) is 23.9 Å². The number of aliphatic hydroxyl groups excluding tert-OH is 1. The van der Waals surface area contributed by atoms with E-state index < -0.39 is 11.6 Å². The third kappa shape index (κ3) is 6.33. The van der Waals surface area contributed by atoms with Crippen molar-refractivity contribution in [1.82, 2.24) is 0 Å². The minimum atomic E-state index is -0.812. The summed E-state index contributed by atoms with van der Waals surface area (Å²) in [6, 6.07) is 8.47. The van der Waals surface area contributed by atoms with Gasteiger partial charge in [-0.3, -0.25) is 0 Å². The first kappa shape index (κ1) is 26.7. The maximum atomic E-state index is 14.9. The topological polar surface area (TPSA) is 38.7 Å². The van der Waals surface area contributed by atoms with Crippen LogP contribution in [0.1, 0.15) is 86.8 Å². The van der Waals surface area contributed by atoms with Crippen molar-refractivity contribution in [2.24, 2.45) is 5.92 Å². The highest BCUT2D eigenvalue weighted by molar-refractivity contribution is 5.32. The van der Waals surface area contributed by atoms with Gasteiger partial charge in [0.25, 0.3) is 0 Å². The summed E-state index contributed by atoms with van der Waals surface area (Å²) in [4.78, 5) is 0. The zero-order valence-corrected chi connectivity index (χ0v) is 21.0. The van der Waals surface area contributed by atoms with Crippen molar-refractivity contribution < 1.29 is 27.8 Å². The van der Waals surface area contributed by atoms with E-state index in [0.717, 1.165) is 56.9 Å². The molecule has 0 saturated heterocycles. The number of rotatable bonds is 9. The van der Waals surface area contributed by atoms with Crippen LogP contribution in [-0.2, 0) is 11.3 Å². The van der Waals surface area contributed by atoms with Gasteiger partial charge < -0.3 is 14.6 Å². The van der Waals surface area contributed by atoms with E-state index in [4.69, 9.17) is 9.47 Å². The molecule has 3 nitrogen and oxygen atoms in total. The van der Waals surface area contributed by atoms with Gasteiger partial charge in [-0.15, -0.1) is 0 Å². The van der Waals surface area contributed by atoms with Crippen LogP contribution in [0.5, 0.6) is 5.75 Å². The standard InChI is InChI=1S/C30H37F3O3/c1-3-16-35-28-15-11-23(17-27(28)31)21-8-12-25(13-9-21)36-18-24-10-14-26(30(33)29(24)32)22-6-4-20(5-7-22)19(2)34/h3,10-11,14-15,17,19-22,25,34H,1,4-9,12-13,16,18H2,2H3. The number of hydrogen-bond acceptors (Lipinski definition) is 3. The first-order chi connectivity index (χ1) is 17.4. The molecule has 0 heterocycles. The van der Waals surface area contributed by atoms with Crippen molar-refractivity contribution in [2.45, 2.75) is 88.9 Å². The number of ether oxygens (including phenoxy) is 2. The molecule has 2 fully saturated rings. The fourth-order valence-corrected chi connectivity index (χ4v) is 5.75. The van der Waals surface area contributed by atoms with Gasteiger partial charge in [0, 0.05) is 5.56 Å². The number of halogens is 3. The van der Waals surface area contributed by atoms with Crippen LogP contribution < -0.4 is 4.74 Å². The van der Waals surface area contributed by atoms with Crippen molar-refractivity contribution in [3.05, 3.63) is 77.1 Å². The summed E-state index contributed by atoms with van der Waals surface area (Å²) >= 11 is 0. The summed E-state index contributed by atoms with van der Waals surface area (Å²) in [5.74, 6) is -1.24. The Morgan fingerprint density at radius 1 is 0.944 bits per heavy atom. The average Bonchev–Trinajstić information content (AvgIpc) is 2.89. The van der Waals surface area contributed by atoms with E-state index >= 15 is 0 Å². The molecule has 196 valence electrons. The maximum absolute atomic E-state index is 14.9. The summed E-state index contributed by atoms with van der Waals surface area (Å²) in [5.41, 5.74) is 1.63. The first-order valence-electron chi connectivity index (χ1n) is 13.2. The van der Waals surface area contributed by atoms with Gasteiger partial charge in [-0.25, -0.2) is 13.2 Å². The average molecular weight is 503 g/mol. The zero-order valence-electron chi connectivity index (χ0n) is 21.0. The van der Waals surface area contributed by atoms with Crippen LogP contribution in [0.2, 0.25) is 0 Å². The highest BCUT2D eigenvalue weighted by Gasteiger charge is 2.29. The van der Waals surface area contributed by atoms with E-state index in [9.17, 15) is 18.3 Å². The Hall–Kier alpha value is -2.31. The summed E-state index contributed by atoms with van der Waals surface area (Å²) < 4.78 is 55.4. The van der Waals surface area contributed by atoms with Gasteiger partial charge in [0.15, 0.2) is 23.2 Å². The summed E-state index contributed by atoms with van der Waals surface area (Å²) in [5, 5.41) is 9.78. The second kappa shape index (κ2) is 12.3. The third-order valence-corrected chi connectivity index (χ3v) is 8.02. The fraction of sp³-hybridized carbons (Fsp3) is 0.533. The van der Waals surface area contributed by atoms with Gasteiger partial charge in [0.1, 0.15) is 6.61 Å². The maximum Gasteiger partial charge on any atom is 0.165 e. The molecule has 1 N–H and O–H groups in total. The van der Waals surface area contributed by atoms with E-state index in [0.29, 0.717) is 5.56 Å². The van der Waals surface area contributed by atoms with E-state index in [1.807, 2.05) is 6.07 Å². The molecule has 36 heavy (non-hydrogen) atoms. The zero-order chi connectivity index (χ0) is 25.7. The summed E-state index contributed by atoms with van der Waals surface area (Å²) in [6.45, 7) is 5.67. The molecule has 6 heteroatoms. The Labute approximate surface area is 212 Å². The van der Waals surface area contributed by atoms with Crippen LogP contribution >= 0.6 is 0 Å². The van der Waals surface area contributed by atoms with Crippen LogP contribution in [0.4, 0.5) is 13.2 Å². The quantitative estimate of drug-likeness (QED) is 0.360. The van der Waals surface area contributed by atoms with Crippen molar-refractivity contribution >= 4 is 0 Å². The smallest absolute Gasteiger partial charge is 0.165 e. The second-order valence-electron chi connectivity index (χ2n) is 10.4. The van der Waals surface area contributed by atoms with Gasteiger partial charge in [-0.1, -0.05) is 30.9 Å². The van der Waals surface area contributed by atoms with Crippen molar-refractivity contribution in [2.75, 3.05) is 6.61 Å². The molecular formula is C30H37F3O3. The Bertz CT molecular complexity index is 1020. The third-order valence-electron chi connectivity index (χ3n) is 8.02. The molecular weight excluding hydrogens is 465 g/mol. The molecule has 2 aliphatic rings. The lowest BCUT2D eigenvalue weighted by atomic mass is 9.76. The first-order valence-corrected chi connectivity index (χ1v) is 13.2. The lowest BCUT2D eigenvalue weighted by molar-refractivity contribution is 0.0118. The van der Waals surface area contributed by atoms with Crippen molar-refractivity contribution in [1.29, 1.82) is 0 Å². The van der Waals surface area contributed by atoms with Crippen molar-refractivity contribution in [3.8, 4) is 5.75 Å².